The van der Waals surface area contributed by atoms with Crippen LogP contribution in [0.4, 0.5) is 10.5 Å². The lowest BCUT2D eigenvalue weighted by molar-refractivity contribution is -0.0521. The van der Waals surface area contributed by atoms with Gasteiger partial charge < -0.3 is 0 Å². The van der Waals surface area contributed by atoms with Crippen LogP contribution < -0.4 is 10.4 Å². The molecule has 1 aliphatic rings. The zero-order chi connectivity index (χ0) is 16.7. The smallest absolute Gasteiger partial charge is 0.283 e. The van der Waals surface area contributed by atoms with E-state index in [1.54, 1.807) is 4.90 Å². The molecule has 1 heterocycles. The number of carbonyl (C=O) groups is 1. The summed E-state index contributed by atoms with van der Waals surface area (Å²) in [6, 6.07) is 5.84. The number of hydrogen-bond acceptors (Lipinski definition) is 2. The molecular weight excluding hydrogens is 276 g/mol. The second kappa shape index (κ2) is 5.43. The standard InChI is InChI=1S/C18H26N2O2/c1-12-9-8-10-14-13(2)11-18(6,7)20(15(12)14)16(21)19-22-17(3,4)5/h8-11H,1-7H3,(H,19,21). The topological polar surface area (TPSA) is 41.6 Å². The Morgan fingerprint density at radius 1 is 1.23 bits per heavy atom. The number of nitrogens with one attached hydrogen (secondary N) is 1. The Bertz CT molecular complexity index is 624. The van der Waals surface area contributed by atoms with E-state index in [0.29, 0.717) is 0 Å². The van der Waals surface area contributed by atoms with Gasteiger partial charge >= 0.3 is 6.03 Å². The first-order chi connectivity index (χ1) is 10.0. The lowest BCUT2D eigenvalue weighted by Gasteiger charge is -2.42. The number of urea groups is 1. The van der Waals surface area contributed by atoms with Crippen molar-refractivity contribution < 1.29 is 9.63 Å². The number of amides is 2. The van der Waals surface area contributed by atoms with Crippen LogP contribution in [-0.2, 0) is 4.84 Å². The first-order valence-electron chi connectivity index (χ1n) is 7.60. The summed E-state index contributed by atoms with van der Waals surface area (Å²) in [5, 5.41) is 0. The SMILES string of the molecule is CC1=CC(C)(C)N(C(=O)NOC(C)(C)C)c2c(C)cccc21. The Labute approximate surface area is 133 Å². The van der Waals surface area contributed by atoms with Crippen LogP contribution in [0.5, 0.6) is 0 Å². The second-order valence-electron chi connectivity index (χ2n) is 7.41. The largest absolute Gasteiger partial charge is 0.346 e. The summed E-state index contributed by atoms with van der Waals surface area (Å²) in [7, 11) is 0. The number of aryl methyl sites for hydroxylation is 1. The van der Waals surface area contributed by atoms with E-state index in [-0.39, 0.29) is 6.03 Å². The quantitative estimate of drug-likeness (QED) is 0.779. The van der Waals surface area contributed by atoms with Crippen molar-refractivity contribution in [3.8, 4) is 0 Å². The molecule has 0 saturated carbocycles. The lowest BCUT2D eigenvalue weighted by atomic mass is 9.87. The third kappa shape index (κ3) is 3.17. The van der Waals surface area contributed by atoms with E-state index in [2.05, 4.69) is 18.5 Å². The molecule has 120 valence electrons. The number of nitrogens with zero attached hydrogens (tertiary/aromatic N) is 1. The molecule has 22 heavy (non-hydrogen) atoms. The van der Waals surface area contributed by atoms with E-state index in [1.165, 1.54) is 5.57 Å². The molecule has 1 aromatic carbocycles. The van der Waals surface area contributed by atoms with Gasteiger partial charge in [0.25, 0.3) is 0 Å². The Balaban J connectivity index is 2.44. The summed E-state index contributed by atoms with van der Waals surface area (Å²) in [5.41, 5.74) is 6.02. The molecule has 0 saturated heterocycles. The van der Waals surface area contributed by atoms with E-state index in [9.17, 15) is 4.79 Å². The van der Waals surface area contributed by atoms with Gasteiger partial charge in [-0.2, -0.15) is 0 Å². The fourth-order valence-electron chi connectivity index (χ4n) is 2.84. The Kier molecular flexibility index (Phi) is 4.09. The van der Waals surface area contributed by atoms with E-state index in [0.717, 1.165) is 16.8 Å². The normalized spacial score (nSPS) is 16.9. The van der Waals surface area contributed by atoms with Crippen molar-refractivity contribution in [2.24, 2.45) is 0 Å². The highest BCUT2D eigenvalue weighted by molar-refractivity contribution is 6.00. The van der Waals surface area contributed by atoms with Crippen LogP contribution in [0.2, 0.25) is 0 Å². The van der Waals surface area contributed by atoms with E-state index in [4.69, 9.17) is 4.84 Å². The van der Waals surface area contributed by atoms with Crippen LogP contribution in [0.25, 0.3) is 5.57 Å². The van der Waals surface area contributed by atoms with Crippen molar-refractivity contribution in [3.05, 3.63) is 35.4 Å². The Hall–Kier alpha value is -1.81. The molecule has 1 N–H and O–H groups in total. The van der Waals surface area contributed by atoms with Crippen LogP contribution in [0.15, 0.2) is 24.3 Å². The van der Waals surface area contributed by atoms with Gasteiger partial charge in [-0.05, 0) is 59.6 Å². The molecule has 0 spiro atoms. The average molecular weight is 302 g/mol. The first-order valence-corrected chi connectivity index (χ1v) is 7.60. The van der Waals surface area contributed by atoms with Gasteiger partial charge in [0.05, 0.1) is 16.8 Å². The molecule has 2 rings (SSSR count). The van der Waals surface area contributed by atoms with Crippen LogP contribution in [0.3, 0.4) is 0 Å². The zero-order valence-electron chi connectivity index (χ0n) is 14.6. The number of rotatable bonds is 1. The highest BCUT2D eigenvalue weighted by atomic mass is 16.7. The number of fused-ring (bicyclic) bond motifs is 1. The third-order valence-corrected chi connectivity index (χ3v) is 3.68. The van der Waals surface area contributed by atoms with Crippen molar-refractivity contribution >= 4 is 17.3 Å². The maximum Gasteiger partial charge on any atom is 0.346 e. The summed E-state index contributed by atoms with van der Waals surface area (Å²) >= 11 is 0. The highest BCUT2D eigenvalue weighted by Gasteiger charge is 2.37. The zero-order valence-corrected chi connectivity index (χ0v) is 14.6. The van der Waals surface area contributed by atoms with E-state index < -0.39 is 11.1 Å². The predicted molar refractivity (Wildman–Crippen MR) is 90.8 cm³/mol. The van der Waals surface area contributed by atoms with Gasteiger partial charge in [0.15, 0.2) is 0 Å². The summed E-state index contributed by atoms with van der Waals surface area (Å²) in [5.74, 6) is 0. The molecule has 2 amide bonds. The van der Waals surface area contributed by atoms with Crippen LogP contribution in [0.1, 0.15) is 52.7 Å². The molecule has 0 radical (unpaired) electrons. The molecule has 4 heteroatoms. The Morgan fingerprint density at radius 3 is 2.45 bits per heavy atom. The van der Waals surface area contributed by atoms with E-state index in [1.807, 2.05) is 59.7 Å². The number of carbonyl (C=O) groups excluding carboxylic acids is 1. The summed E-state index contributed by atoms with van der Waals surface area (Å²) < 4.78 is 0. The number of para-hydroxylation sites is 1. The van der Waals surface area contributed by atoms with Crippen molar-refractivity contribution in [1.82, 2.24) is 5.48 Å². The van der Waals surface area contributed by atoms with Gasteiger partial charge in [-0.25, -0.2) is 10.3 Å². The summed E-state index contributed by atoms with van der Waals surface area (Å²) in [6.45, 7) is 13.9. The van der Waals surface area contributed by atoms with Gasteiger partial charge in [-0.15, -0.1) is 0 Å². The van der Waals surface area contributed by atoms with Gasteiger partial charge in [0.2, 0.25) is 0 Å². The third-order valence-electron chi connectivity index (χ3n) is 3.68. The molecule has 0 bridgehead atoms. The predicted octanol–water partition coefficient (Wildman–Crippen LogP) is 4.44. The highest BCUT2D eigenvalue weighted by Crippen LogP contribution is 2.40. The van der Waals surface area contributed by atoms with Crippen LogP contribution in [-0.4, -0.2) is 17.2 Å². The molecule has 4 nitrogen and oxygen atoms in total. The van der Waals surface area contributed by atoms with Crippen LogP contribution >= 0.6 is 0 Å². The molecule has 0 aromatic heterocycles. The molecule has 0 atom stereocenters. The number of anilines is 1. The molecule has 1 aromatic rings. The minimum atomic E-state index is -0.435. The second-order valence-corrected chi connectivity index (χ2v) is 7.41. The minimum absolute atomic E-state index is 0.251. The molecule has 0 aliphatic carbocycles. The van der Waals surface area contributed by atoms with Gasteiger partial charge in [-0.1, -0.05) is 24.3 Å². The maximum atomic E-state index is 12.7. The minimum Gasteiger partial charge on any atom is -0.283 e. The fraction of sp³-hybridized carbons (Fsp3) is 0.500. The number of allylic oxidation sites excluding steroid dienone is 1. The molecule has 1 aliphatic heterocycles. The fourth-order valence-corrected chi connectivity index (χ4v) is 2.84. The number of hydrogen-bond donors (Lipinski definition) is 1. The van der Waals surface area contributed by atoms with Crippen LogP contribution in [0, 0.1) is 6.92 Å². The maximum absolute atomic E-state index is 12.7. The monoisotopic (exact) mass is 302 g/mol. The summed E-state index contributed by atoms with van der Waals surface area (Å²) in [6.07, 6.45) is 2.12. The Morgan fingerprint density at radius 2 is 1.86 bits per heavy atom. The van der Waals surface area contributed by atoms with Gasteiger partial charge in [-0.3, -0.25) is 9.74 Å². The number of benzene rings is 1. The lowest BCUT2D eigenvalue weighted by Crippen LogP contribution is -2.54. The van der Waals surface area contributed by atoms with Crippen molar-refractivity contribution in [2.45, 2.75) is 59.6 Å². The first kappa shape index (κ1) is 16.6. The van der Waals surface area contributed by atoms with Crippen molar-refractivity contribution in [3.63, 3.8) is 0 Å². The molecule has 0 unspecified atom stereocenters. The molecule has 0 fully saturated rings. The van der Waals surface area contributed by atoms with Crippen molar-refractivity contribution in [1.29, 1.82) is 0 Å². The number of hydroxylamine groups is 1. The van der Waals surface area contributed by atoms with Gasteiger partial charge in [0.1, 0.15) is 0 Å². The summed E-state index contributed by atoms with van der Waals surface area (Å²) in [4.78, 5) is 20.0. The molecular formula is C18H26N2O2. The van der Waals surface area contributed by atoms with Crippen molar-refractivity contribution in [2.75, 3.05) is 4.90 Å². The van der Waals surface area contributed by atoms with Gasteiger partial charge in [0, 0.05) is 5.56 Å². The average Bonchev–Trinajstić information content (AvgIpc) is 2.36. The van der Waals surface area contributed by atoms with E-state index >= 15 is 0 Å².